The van der Waals surface area contributed by atoms with E-state index in [9.17, 15) is 8.42 Å². The number of likely N-dealkylation sites (tertiary alicyclic amines) is 1. The maximum atomic E-state index is 13.9. The van der Waals surface area contributed by atoms with Crippen molar-refractivity contribution in [2.75, 3.05) is 17.4 Å². The van der Waals surface area contributed by atoms with Crippen molar-refractivity contribution in [1.82, 2.24) is 4.90 Å². The van der Waals surface area contributed by atoms with E-state index >= 15 is 0 Å². The van der Waals surface area contributed by atoms with Gasteiger partial charge in [-0.05, 0) is 80.5 Å². The summed E-state index contributed by atoms with van der Waals surface area (Å²) < 4.78 is 29.5. The van der Waals surface area contributed by atoms with Crippen LogP contribution in [0.15, 0.2) is 83.8 Å². The number of rotatable bonds is 6. The minimum atomic E-state index is -3.72. The zero-order valence-electron chi connectivity index (χ0n) is 20.9. The summed E-state index contributed by atoms with van der Waals surface area (Å²) in [4.78, 5) is 2.92. The third-order valence-electron chi connectivity index (χ3n) is 7.92. The van der Waals surface area contributed by atoms with E-state index in [2.05, 4.69) is 35.2 Å². The van der Waals surface area contributed by atoms with Crippen LogP contribution < -0.4 is 4.31 Å². The largest absolute Gasteiger partial charge is 0.300 e. The molecular weight excluding hydrogens is 488 g/mol. The molecule has 1 heterocycles. The lowest BCUT2D eigenvalue weighted by molar-refractivity contribution is 0.107. The first-order valence-electron chi connectivity index (χ1n) is 13.1. The van der Waals surface area contributed by atoms with E-state index in [1.807, 2.05) is 31.2 Å². The van der Waals surface area contributed by atoms with Crippen LogP contribution in [0.2, 0.25) is 5.02 Å². The molecule has 1 saturated carbocycles. The quantitative estimate of drug-likeness (QED) is 0.349. The second kappa shape index (κ2) is 11.0. The molecule has 3 aromatic carbocycles. The summed E-state index contributed by atoms with van der Waals surface area (Å²) in [6, 6.07) is 25.7. The van der Waals surface area contributed by atoms with Crippen LogP contribution in [0.25, 0.3) is 0 Å². The molecule has 2 unspecified atom stereocenters. The van der Waals surface area contributed by atoms with Crippen molar-refractivity contribution in [3.8, 4) is 0 Å². The van der Waals surface area contributed by atoms with Crippen molar-refractivity contribution < 1.29 is 8.42 Å². The Morgan fingerprint density at radius 2 is 1.44 bits per heavy atom. The van der Waals surface area contributed by atoms with Crippen molar-refractivity contribution in [2.24, 2.45) is 0 Å². The van der Waals surface area contributed by atoms with Gasteiger partial charge in [0.2, 0.25) is 0 Å². The van der Waals surface area contributed by atoms with Crippen molar-refractivity contribution in [2.45, 2.75) is 68.3 Å². The standard InChI is InChI=1S/C30H35ClN2O2S/c1-23-11-15-26(16-12-23)33(36(34,35)28-17-13-25(31)14-18-28)27-19-21-32(22-20-27)30-10-6-5-9-29(30)24-7-3-2-4-8-24/h2-4,7-8,11-18,27,29-30H,5-6,9-10,19-22H2,1H3. The maximum absolute atomic E-state index is 13.9. The molecule has 2 atom stereocenters. The van der Waals surface area contributed by atoms with Crippen LogP contribution in [0.1, 0.15) is 55.6 Å². The van der Waals surface area contributed by atoms with Crippen LogP contribution in [0.3, 0.4) is 0 Å². The number of benzene rings is 3. The molecule has 4 nitrogen and oxygen atoms in total. The molecule has 0 bridgehead atoms. The fraction of sp³-hybridized carbons (Fsp3) is 0.400. The van der Waals surface area contributed by atoms with Gasteiger partial charge in [0.05, 0.1) is 10.6 Å². The zero-order valence-corrected chi connectivity index (χ0v) is 22.5. The molecule has 190 valence electrons. The van der Waals surface area contributed by atoms with Gasteiger partial charge in [-0.2, -0.15) is 0 Å². The van der Waals surface area contributed by atoms with Crippen LogP contribution in [-0.4, -0.2) is 38.5 Å². The highest BCUT2D eigenvalue weighted by molar-refractivity contribution is 7.92. The first-order chi connectivity index (χ1) is 17.4. The van der Waals surface area contributed by atoms with Crippen molar-refractivity contribution >= 4 is 27.3 Å². The van der Waals surface area contributed by atoms with Gasteiger partial charge >= 0.3 is 0 Å². The number of nitrogens with zero attached hydrogens (tertiary/aromatic N) is 2. The smallest absolute Gasteiger partial charge is 0.264 e. The minimum Gasteiger partial charge on any atom is -0.300 e. The summed E-state index contributed by atoms with van der Waals surface area (Å²) in [5, 5.41) is 0.532. The Morgan fingerprint density at radius 3 is 2.11 bits per heavy atom. The Balaban J connectivity index is 1.39. The Morgan fingerprint density at radius 1 is 0.806 bits per heavy atom. The first kappa shape index (κ1) is 25.3. The van der Waals surface area contributed by atoms with Gasteiger partial charge in [0.15, 0.2) is 0 Å². The lowest BCUT2D eigenvalue weighted by Gasteiger charge is -2.45. The molecule has 5 rings (SSSR count). The fourth-order valence-corrected chi connectivity index (χ4v) is 7.88. The number of anilines is 1. The summed E-state index contributed by atoms with van der Waals surface area (Å²) >= 11 is 6.06. The molecule has 1 saturated heterocycles. The maximum Gasteiger partial charge on any atom is 0.264 e. The van der Waals surface area contributed by atoms with Crippen molar-refractivity contribution in [1.29, 1.82) is 0 Å². The molecule has 2 fully saturated rings. The van der Waals surface area contributed by atoms with Crippen molar-refractivity contribution in [3.05, 3.63) is 95.0 Å². The highest BCUT2D eigenvalue weighted by atomic mass is 35.5. The SMILES string of the molecule is Cc1ccc(N(C2CCN(C3CCCCC3c3ccccc3)CC2)S(=O)(=O)c2ccc(Cl)cc2)cc1. The summed E-state index contributed by atoms with van der Waals surface area (Å²) in [5.74, 6) is 0.558. The molecule has 1 aliphatic heterocycles. The normalized spacial score (nSPS) is 21.8. The van der Waals surface area contributed by atoms with Gasteiger partial charge in [-0.3, -0.25) is 9.21 Å². The average molecular weight is 523 g/mol. The molecule has 36 heavy (non-hydrogen) atoms. The number of sulfonamides is 1. The van der Waals surface area contributed by atoms with Gasteiger partial charge in [0.25, 0.3) is 10.0 Å². The summed E-state index contributed by atoms with van der Waals surface area (Å²) in [6.07, 6.45) is 6.64. The molecular formula is C30H35ClN2O2S. The van der Waals surface area contributed by atoms with Gasteiger partial charge in [-0.25, -0.2) is 8.42 Å². The molecule has 0 aromatic heterocycles. The van der Waals surface area contributed by atoms with Crippen LogP contribution in [-0.2, 0) is 10.0 Å². The zero-order chi connectivity index (χ0) is 25.1. The number of piperidine rings is 1. The van der Waals surface area contributed by atoms with Crippen LogP contribution in [0, 0.1) is 6.92 Å². The Bertz CT molecular complexity index is 1240. The predicted molar refractivity (Wildman–Crippen MR) is 148 cm³/mol. The molecule has 0 spiro atoms. The number of hydrogen-bond acceptors (Lipinski definition) is 3. The topological polar surface area (TPSA) is 40.6 Å². The first-order valence-corrected chi connectivity index (χ1v) is 14.9. The fourth-order valence-electron chi connectivity index (χ4n) is 6.05. The molecule has 6 heteroatoms. The highest BCUT2D eigenvalue weighted by Gasteiger charge is 2.38. The van der Waals surface area contributed by atoms with Gasteiger partial charge < -0.3 is 0 Å². The molecule has 0 radical (unpaired) electrons. The molecule has 0 amide bonds. The number of aryl methyl sites for hydroxylation is 1. The predicted octanol–water partition coefficient (Wildman–Crippen LogP) is 7.03. The van der Waals surface area contributed by atoms with E-state index in [0.29, 0.717) is 17.0 Å². The van der Waals surface area contributed by atoms with Crippen LogP contribution >= 0.6 is 11.6 Å². The van der Waals surface area contributed by atoms with Crippen LogP contribution in [0.5, 0.6) is 0 Å². The third-order valence-corrected chi connectivity index (χ3v) is 10.1. The molecule has 0 N–H and O–H groups in total. The number of hydrogen-bond donors (Lipinski definition) is 0. The van der Waals surface area contributed by atoms with Gasteiger partial charge in [0.1, 0.15) is 0 Å². The molecule has 1 aliphatic carbocycles. The highest BCUT2D eigenvalue weighted by Crippen LogP contribution is 2.38. The van der Waals surface area contributed by atoms with E-state index in [1.165, 1.54) is 31.2 Å². The van der Waals surface area contributed by atoms with E-state index in [0.717, 1.165) is 37.2 Å². The summed E-state index contributed by atoms with van der Waals surface area (Å²) in [5.41, 5.74) is 3.28. The third kappa shape index (κ3) is 5.34. The van der Waals surface area contributed by atoms with E-state index < -0.39 is 10.0 Å². The lowest BCUT2D eigenvalue weighted by Crippen LogP contribution is -2.51. The van der Waals surface area contributed by atoms with E-state index in [-0.39, 0.29) is 10.9 Å². The average Bonchev–Trinajstić information content (AvgIpc) is 2.91. The van der Waals surface area contributed by atoms with Gasteiger partial charge in [-0.1, -0.05) is 72.5 Å². The number of halogens is 1. The van der Waals surface area contributed by atoms with Crippen LogP contribution in [0.4, 0.5) is 5.69 Å². The second-order valence-corrected chi connectivity index (χ2v) is 12.5. The van der Waals surface area contributed by atoms with Gasteiger partial charge in [0, 0.05) is 30.2 Å². The monoisotopic (exact) mass is 522 g/mol. The Hall–Kier alpha value is -2.34. The Kier molecular flexibility index (Phi) is 7.71. The molecule has 2 aliphatic rings. The summed E-state index contributed by atoms with van der Waals surface area (Å²) in [7, 11) is -3.72. The minimum absolute atomic E-state index is 0.0802. The molecule has 3 aromatic rings. The van der Waals surface area contributed by atoms with Crippen molar-refractivity contribution in [3.63, 3.8) is 0 Å². The van der Waals surface area contributed by atoms with E-state index in [4.69, 9.17) is 11.6 Å². The second-order valence-electron chi connectivity index (χ2n) is 10.2. The summed E-state index contributed by atoms with van der Waals surface area (Å²) in [6.45, 7) is 3.85. The van der Waals surface area contributed by atoms with E-state index in [1.54, 1.807) is 28.6 Å². The van der Waals surface area contributed by atoms with Gasteiger partial charge in [-0.15, -0.1) is 0 Å². The Labute approximate surface area is 220 Å². The lowest BCUT2D eigenvalue weighted by atomic mass is 9.78.